The Morgan fingerprint density at radius 1 is 0.812 bits per heavy atom. The second-order valence-corrected chi connectivity index (χ2v) is 6.90. The van der Waals surface area contributed by atoms with E-state index in [1.807, 2.05) is 60.7 Å². The van der Waals surface area contributed by atoms with Crippen LogP contribution < -0.4 is 10.6 Å². The molecule has 0 unspecified atom stereocenters. The molecule has 8 heteroatoms. The number of carbonyl (C=O) groups is 2. The molecule has 32 heavy (non-hydrogen) atoms. The normalized spacial score (nSPS) is 11.2. The molecular weight excluding hydrogens is 421 g/mol. The van der Waals surface area contributed by atoms with Gasteiger partial charge < -0.3 is 15.4 Å². The van der Waals surface area contributed by atoms with Crippen LogP contribution in [0.4, 0.5) is 18.9 Å². The minimum absolute atomic E-state index is 0.0761. The van der Waals surface area contributed by atoms with Crippen LogP contribution in [0.1, 0.15) is 27.6 Å². The van der Waals surface area contributed by atoms with Gasteiger partial charge in [0.05, 0.1) is 11.3 Å². The number of hydrogen-bond acceptors (Lipinski definition) is 3. The summed E-state index contributed by atoms with van der Waals surface area (Å²) in [5.74, 6) is -1.48. The molecule has 0 spiro atoms. The van der Waals surface area contributed by atoms with Gasteiger partial charge in [0.15, 0.2) is 0 Å². The third-order valence-electron chi connectivity index (χ3n) is 4.48. The standard InChI is InChI=1S/C24H21F3N2O3/c25-24(26,27)16-28-23(31)19-13-7-8-14-20(19)29-21(30)15-32-22(17-9-3-1-4-10-17)18-11-5-2-6-12-18/h1-14,22H,15-16H2,(H,28,31)(H,29,30). The molecule has 0 atom stereocenters. The predicted octanol–water partition coefficient (Wildman–Crippen LogP) is 4.72. The Labute approximate surface area is 183 Å². The first-order valence-electron chi connectivity index (χ1n) is 9.79. The lowest BCUT2D eigenvalue weighted by molar-refractivity contribution is -0.123. The topological polar surface area (TPSA) is 67.4 Å². The monoisotopic (exact) mass is 442 g/mol. The number of para-hydroxylation sites is 1. The highest BCUT2D eigenvalue weighted by Gasteiger charge is 2.28. The number of nitrogens with one attached hydrogen (secondary N) is 2. The Morgan fingerprint density at radius 2 is 1.34 bits per heavy atom. The Morgan fingerprint density at radius 3 is 1.91 bits per heavy atom. The summed E-state index contributed by atoms with van der Waals surface area (Å²) in [6, 6.07) is 24.6. The molecule has 0 aliphatic carbocycles. The zero-order valence-electron chi connectivity index (χ0n) is 16.9. The smallest absolute Gasteiger partial charge is 0.359 e. The number of ether oxygens (including phenoxy) is 1. The van der Waals surface area contributed by atoms with Gasteiger partial charge in [0.1, 0.15) is 19.3 Å². The maximum Gasteiger partial charge on any atom is 0.405 e. The van der Waals surface area contributed by atoms with E-state index in [0.29, 0.717) is 0 Å². The SMILES string of the molecule is O=C(COC(c1ccccc1)c1ccccc1)Nc1ccccc1C(=O)NCC(F)(F)F. The van der Waals surface area contributed by atoms with Crippen LogP contribution >= 0.6 is 0 Å². The third kappa shape index (κ3) is 6.68. The van der Waals surface area contributed by atoms with Crippen molar-refractivity contribution >= 4 is 17.5 Å². The second-order valence-electron chi connectivity index (χ2n) is 6.90. The van der Waals surface area contributed by atoms with E-state index in [4.69, 9.17) is 4.74 Å². The summed E-state index contributed by atoms with van der Waals surface area (Å²) in [4.78, 5) is 24.7. The molecule has 0 aliphatic heterocycles. The summed E-state index contributed by atoms with van der Waals surface area (Å²) >= 11 is 0. The lowest BCUT2D eigenvalue weighted by Crippen LogP contribution is -2.34. The van der Waals surface area contributed by atoms with Crippen molar-refractivity contribution in [3.63, 3.8) is 0 Å². The highest BCUT2D eigenvalue weighted by Crippen LogP contribution is 2.26. The molecule has 0 aliphatic rings. The maximum absolute atomic E-state index is 12.5. The van der Waals surface area contributed by atoms with E-state index in [9.17, 15) is 22.8 Å². The Bertz CT molecular complexity index is 1000. The number of rotatable bonds is 8. The molecule has 3 aromatic carbocycles. The summed E-state index contributed by atoms with van der Waals surface area (Å²) in [6.45, 7) is -1.79. The number of carbonyl (C=O) groups excluding carboxylic acids is 2. The van der Waals surface area contributed by atoms with Crippen molar-refractivity contribution in [2.75, 3.05) is 18.5 Å². The summed E-state index contributed by atoms with van der Waals surface area (Å²) in [5, 5.41) is 4.34. The van der Waals surface area contributed by atoms with Crippen molar-refractivity contribution in [3.05, 3.63) is 102 Å². The van der Waals surface area contributed by atoms with Crippen LogP contribution in [-0.4, -0.2) is 31.1 Å². The van der Waals surface area contributed by atoms with E-state index >= 15 is 0 Å². The van der Waals surface area contributed by atoms with E-state index in [0.717, 1.165) is 11.1 Å². The Balaban J connectivity index is 1.68. The molecule has 0 saturated heterocycles. The number of halogens is 3. The van der Waals surface area contributed by atoms with Crippen molar-refractivity contribution in [2.45, 2.75) is 12.3 Å². The molecule has 0 radical (unpaired) electrons. The van der Waals surface area contributed by atoms with Gasteiger partial charge in [-0.05, 0) is 23.3 Å². The molecule has 2 amide bonds. The van der Waals surface area contributed by atoms with E-state index in [2.05, 4.69) is 5.32 Å². The first-order valence-corrected chi connectivity index (χ1v) is 9.79. The molecular formula is C24H21F3N2O3. The van der Waals surface area contributed by atoms with Crippen molar-refractivity contribution in [1.82, 2.24) is 5.32 Å². The summed E-state index contributed by atoms with van der Waals surface area (Å²) in [5.41, 5.74) is 1.74. The Kier molecular flexibility index (Phi) is 7.62. The minimum Gasteiger partial charge on any atom is -0.359 e. The van der Waals surface area contributed by atoms with Crippen LogP contribution in [0.3, 0.4) is 0 Å². The van der Waals surface area contributed by atoms with E-state index < -0.39 is 30.6 Å². The van der Waals surface area contributed by atoms with Crippen LogP contribution in [0.5, 0.6) is 0 Å². The van der Waals surface area contributed by atoms with Gasteiger partial charge in [0, 0.05) is 0 Å². The number of amides is 2. The van der Waals surface area contributed by atoms with Crippen molar-refractivity contribution < 1.29 is 27.5 Å². The fourth-order valence-electron chi connectivity index (χ4n) is 3.05. The molecule has 0 aromatic heterocycles. The van der Waals surface area contributed by atoms with Crippen LogP contribution in [-0.2, 0) is 9.53 Å². The number of anilines is 1. The van der Waals surface area contributed by atoms with Crippen LogP contribution in [0.2, 0.25) is 0 Å². The van der Waals surface area contributed by atoms with Crippen LogP contribution in [0.25, 0.3) is 0 Å². The van der Waals surface area contributed by atoms with Crippen molar-refractivity contribution in [1.29, 1.82) is 0 Å². The summed E-state index contributed by atoms with van der Waals surface area (Å²) < 4.78 is 43.1. The summed E-state index contributed by atoms with van der Waals surface area (Å²) in [6.07, 6.45) is -5.03. The number of hydrogen-bond donors (Lipinski definition) is 2. The van der Waals surface area contributed by atoms with Crippen molar-refractivity contribution in [2.24, 2.45) is 0 Å². The van der Waals surface area contributed by atoms with Gasteiger partial charge in [-0.3, -0.25) is 9.59 Å². The zero-order valence-corrected chi connectivity index (χ0v) is 16.9. The molecule has 0 fully saturated rings. The summed E-state index contributed by atoms with van der Waals surface area (Å²) in [7, 11) is 0. The fourth-order valence-corrected chi connectivity index (χ4v) is 3.05. The van der Waals surface area contributed by atoms with Gasteiger partial charge in [0.25, 0.3) is 5.91 Å². The maximum atomic E-state index is 12.5. The van der Waals surface area contributed by atoms with E-state index in [-0.39, 0.29) is 17.9 Å². The average molecular weight is 442 g/mol. The number of benzene rings is 3. The largest absolute Gasteiger partial charge is 0.405 e. The van der Waals surface area contributed by atoms with Crippen LogP contribution in [0, 0.1) is 0 Å². The molecule has 3 rings (SSSR count). The zero-order chi connectivity index (χ0) is 23.0. The van der Waals surface area contributed by atoms with Gasteiger partial charge >= 0.3 is 6.18 Å². The average Bonchev–Trinajstić information content (AvgIpc) is 2.79. The molecule has 5 nitrogen and oxygen atoms in total. The van der Waals surface area contributed by atoms with Gasteiger partial charge in [-0.25, -0.2) is 0 Å². The van der Waals surface area contributed by atoms with Crippen LogP contribution in [0.15, 0.2) is 84.9 Å². The predicted molar refractivity (Wildman–Crippen MR) is 114 cm³/mol. The van der Waals surface area contributed by atoms with Gasteiger partial charge in [-0.15, -0.1) is 0 Å². The molecule has 0 bridgehead atoms. The molecule has 166 valence electrons. The highest BCUT2D eigenvalue weighted by molar-refractivity contribution is 6.04. The van der Waals surface area contributed by atoms with E-state index in [1.54, 1.807) is 11.4 Å². The fraction of sp³-hybridized carbons (Fsp3) is 0.167. The minimum atomic E-state index is -4.54. The first-order chi connectivity index (χ1) is 15.3. The number of alkyl halides is 3. The Hall–Kier alpha value is -3.65. The quantitative estimate of drug-likeness (QED) is 0.530. The first kappa shape index (κ1) is 23.0. The third-order valence-corrected chi connectivity index (χ3v) is 4.48. The molecule has 0 heterocycles. The molecule has 0 saturated carbocycles. The van der Waals surface area contributed by atoms with E-state index in [1.165, 1.54) is 18.2 Å². The lowest BCUT2D eigenvalue weighted by atomic mass is 10.0. The second kappa shape index (κ2) is 10.6. The highest BCUT2D eigenvalue weighted by atomic mass is 19.4. The van der Waals surface area contributed by atoms with Gasteiger partial charge in [0.2, 0.25) is 5.91 Å². The molecule has 2 N–H and O–H groups in total. The van der Waals surface area contributed by atoms with Gasteiger partial charge in [-0.1, -0.05) is 72.8 Å². The van der Waals surface area contributed by atoms with Gasteiger partial charge in [-0.2, -0.15) is 13.2 Å². The van der Waals surface area contributed by atoms with Crippen molar-refractivity contribution in [3.8, 4) is 0 Å². The lowest BCUT2D eigenvalue weighted by Gasteiger charge is -2.19. The molecule has 3 aromatic rings.